The van der Waals surface area contributed by atoms with Crippen LogP contribution in [0.2, 0.25) is 10.0 Å². The van der Waals surface area contributed by atoms with Gasteiger partial charge in [-0.1, -0.05) is 43.1 Å². The first-order valence-electron chi connectivity index (χ1n) is 7.28. The average molecular weight is 353 g/mol. The molecule has 2 aromatic rings. The molecule has 2 N–H and O–H groups in total. The summed E-state index contributed by atoms with van der Waals surface area (Å²) in [5.41, 5.74) is 0.829. The number of amides is 1. The van der Waals surface area contributed by atoms with E-state index in [2.05, 4.69) is 34.4 Å². The Bertz CT molecular complexity index is 671. The van der Waals surface area contributed by atoms with E-state index in [1.807, 2.05) is 0 Å². The van der Waals surface area contributed by atoms with Crippen molar-refractivity contribution in [3.8, 4) is 0 Å². The van der Waals surface area contributed by atoms with Crippen LogP contribution in [0.3, 0.4) is 0 Å². The SMILES string of the molecule is CC(C)CCNC(=O)c1cc(Nc2c(Cl)cccc2Cl)ncn1. The Morgan fingerprint density at radius 3 is 2.57 bits per heavy atom. The smallest absolute Gasteiger partial charge is 0.270 e. The number of benzene rings is 1. The molecule has 0 spiro atoms. The van der Waals surface area contributed by atoms with Crippen LogP contribution in [0.4, 0.5) is 11.5 Å². The topological polar surface area (TPSA) is 66.9 Å². The van der Waals surface area contributed by atoms with Crippen molar-refractivity contribution < 1.29 is 4.79 Å². The summed E-state index contributed by atoms with van der Waals surface area (Å²) in [5, 5.41) is 6.79. The van der Waals surface area contributed by atoms with E-state index in [0.29, 0.717) is 34.0 Å². The molecule has 7 heteroatoms. The number of hydrogen-bond donors (Lipinski definition) is 2. The molecule has 0 bridgehead atoms. The maximum Gasteiger partial charge on any atom is 0.270 e. The van der Waals surface area contributed by atoms with Gasteiger partial charge in [0, 0.05) is 12.6 Å². The lowest BCUT2D eigenvalue weighted by Gasteiger charge is -2.10. The van der Waals surface area contributed by atoms with Crippen LogP contribution in [0.5, 0.6) is 0 Å². The van der Waals surface area contributed by atoms with Crippen LogP contribution in [-0.2, 0) is 0 Å². The number of hydrogen-bond acceptors (Lipinski definition) is 4. The molecule has 0 saturated carbocycles. The zero-order chi connectivity index (χ0) is 16.8. The third kappa shape index (κ3) is 5.08. The lowest BCUT2D eigenvalue weighted by Crippen LogP contribution is -2.26. The first-order chi connectivity index (χ1) is 11.0. The number of halogens is 2. The first-order valence-corrected chi connectivity index (χ1v) is 8.04. The number of anilines is 2. The number of rotatable bonds is 6. The molecular weight excluding hydrogens is 335 g/mol. The number of para-hydroxylation sites is 1. The number of carbonyl (C=O) groups excluding carboxylic acids is 1. The van der Waals surface area contributed by atoms with Gasteiger partial charge in [0.2, 0.25) is 0 Å². The molecule has 2 rings (SSSR count). The molecule has 1 amide bonds. The molecule has 0 saturated heterocycles. The van der Waals surface area contributed by atoms with Gasteiger partial charge in [-0.15, -0.1) is 0 Å². The highest BCUT2D eigenvalue weighted by Crippen LogP contribution is 2.31. The second kappa shape index (κ2) is 8.13. The van der Waals surface area contributed by atoms with Crippen LogP contribution < -0.4 is 10.6 Å². The van der Waals surface area contributed by atoms with Gasteiger partial charge in [0.1, 0.15) is 17.8 Å². The Balaban J connectivity index is 2.09. The summed E-state index contributed by atoms with van der Waals surface area (Å²) in [6.07, 6.45) is 2.24. The molecule has 1 aromatic heterocycles. The Hall–Kier alpha value is -1.85. The number of carbonyl (C=O) groups is 1. The fraction of sp³-hybridized carbons (Fsp3) is 0.312. The lowest BCUT2D eigenvalue weighted by atomic mass is 10.1. The van der Waals surface area contributed by atoms with Crippen molar-refractivity contribution >= 4 is 40.6 Å². The van der Waals surface area contributed by atoms with E-state index < -0.39 is 0 Å². The summed E-state index contributed by atoms with van der Waals surface area (Å²) >= 11 is 12.2. The van der Waals surface area contributed by atoms with Crippen molar-refractivity contribution in [3.63, 3.8) is 0 Å². The summed E-state index contributed by atoms with van der Waals surface area (Å²) in [4.78, 5) is 20.2. The standard InChI is InChI=1S/C16H18Cl2N4O/c1-10(2)6-7-19-16(23)13-8-14(21-9-20-13)22-15-11(17)4-3-5-12(15)18/h3-5,8-10H,6-7H2,1-2H3,(H,19,23)(H,20,21,22). The van der Waals surface area contributed by atoms with Crippen LogP contribution >= 0.6 is 23.2 Å². The van der Waals surface area contributed by atoms with Crippen molar-refractivity contribution in [3.05, 3.63) is 46.3 Å². The van der Waals surface area contributed by atoms with Crippen molar-refractivity contribution in [2.45, 2.75) is 20.3 Å². The Morgan fingerprint density at radius 2 is 1.91 bits per heavy atom. The van der Waals surface area contributed by atoms with Gasteiger partial charge in [-0.2, -0.15) is 0 Å². The second-order valence-electron chi connectivity index (χ2n) is 5.45. The molecular formula is C16H18Cl2N4O. The zero-order valence-corrected chi connectivity index (χ0v) is 14.4. The Morgan fingerprint density at radius 1 is 1.22 bits per heavy atom. The second-order valence-corrected chi connectivity index (χ2v) is 6.26. The summed E-state index contributed by atoms with van der Waals surface area (Å²) in [6.45, 7) is 4.82. The van der Waals surface area contributed by atoms with Crippen LogP contribution in [0.1, 0.15) is 30.8 Å². The van der Waals surface area contributed by atoms with Gasteiger partial charge < -0.3 is 10.6 Å². The van der Waals surface area contributed by atoms with Gasteiger partial charge in [0.25, 0.3) is 5.91 Å². The maximum atomic E-state index is 12.1. The minimum absolute atomic E-state index is 0.235. The number of nitrogens with zero attached hydrogens (tertiary/aromatic N) is 2. The minimum atomic E-state index is -0.235. The molecule has 5 nitrogen and oxygen atoms in total. The molecule has 0 fully saturated rings. The predicted octanol–water partition coefficient (Wildman–Crippen LogP) is 4.30. The van der Waals surface area contributed by atoms with E-state index in [4.69, 9.17) is 23.2 Å². The normalized spacial score (nSPS) is 10.7. The van der Waals surface area contributed by atoms with E-state index in [1.54, 1.807) is 24.3 Å². The molecule has 0 aliphatic rings. The Kier molecular flexibility index (Phi) is 6.19. The summed E-state index contributed by atoms with van der Waals surface area (Å²) in [7, 11) is 0. The van der Waals surface area contributed by atoms with Crippen LogP contribution in [-0.4, -0.2) is 22.4 Å². The van der Waals surface area contributed by atoms with Gasteiger partial charge in [-0.25, -0.2) is 9.97 Å². The van der Waals surface area contributed by atoms with E-state index >= 15 is 0 Å². The molecule has 0 radical (unpaired) electrons. The largest absolute Gasteiger partial charge is 0.351 e. The first kappa shape index (κ1) is 17.5. The molecule has 0 atom stereocenters. The highest BCUT2D eigenvalue weighted by Gasteiger charge is 2.11. The molecule has 0 unspecified atom stereocenters. The van der Waals surface area contributed by atoms with Crippen molar-refractivity contribution in [2.24, 2.45) is 5.92 Å². The molecule has 1 aromatic carbocycles. The predicted molar refractivity (Wildman–Crippen MR) is 93.6 cm³/mol. The molecule has 0 aliphatic carbocycles. The third-order valence-electron chi connectivity index (χ3n) is 3.12. The van der Waals surface area contributed by atoms with Crippen LogP contribution in [0, 0.1) is 5.92 Å². The van der Waals surface area contributed by atoms with E-state index in [-0.39, 0.29) is 11.6 Å². The van der Waals surface area contributed by atoms with Crippen molar-refractivity contribution in [1.29, 1.82) is 0 Å². The number of nitrogens with one attached hydrogen (secondary N) is 2. The third-order valence-corrected chi connectivity index (χ3v) is 3.75. The summed E-state index contributed by atoms with van der Waals surface area (Å²) < 4.78 is 0. The van der Waals surface area contributed by atoms with E-state index in [9.17, 15) is 4.79 Å². The van der Waals surface area contributed by atoms with Crippen LogP contribution in [0.25, 0.3) is 0 Å². The molecule has 23 heavy (non-hydrogen) atoms. The van der Waals surface area contributed by atoms with E-state index in [0.717, 1.165) is 6.42 Å². The fourth-order valence-electron chi connectivity index (χ4n) is 1.86. The average Bonchev–Trinajstić information content (AvgIpc) is 2.51. The fourth-order valence-corrected chi connectivity index (χ4v) is 2.35. The maximum absolute atomic E-state index is 12.1. The Labute approximate surface area is 145 Å². The van der Waals surface area contributed by atoms with Gasteiger partial charge in [0.15, 0.2) is 0 Å². The van der Waals surface area contributed by atoms with Gasteiger partial charge in [-0.05, 0) is 24.5 Å². The summed E-state index contributed by atoms with van der Waals surface area (Å²) in [6, 6.07) is 6.75. The highest BCUT2D eigenvalue weighted by molar-refractivity contribution is 6.39. The lowest BCUT2D eigenvalue weighted by molar-refractivity contribution is 0.0947. The van der Waals surface area contributed by atoms with E-state index in [1.165, 1.54) is 6.33 Å². The molecule has 122 valence electrons. The minimum Gasteiger partial charge on any atom is -0.351 e. The highest BCUT2D eigenvalue weighted by atomic mass is 35.5. The van der Waals surface area contributed by atoms with Crippen molar-refractivity contribution in [2.75, 3.05) is 11.9 Å². The van der Waals surface area contributed by atoms with Gasteiger partial charge in [-0.3, -0.25) is 4.79 Å². The summed E-state index contributed by atoms with van der Waals surface area (Å²) in [5.74, 6) is 0.741. The van der Waals surface area contributed by atoms with Gasteiger partial charge >= 0.3 is 0 Å². The van der Waals surface area contributed by atoms with Crippen LogP contribution in [0.15, 0.2) is 30.6 Å². The van der Waals surface area contributed by atoms with Gasteiger partial charge in [0.05, 0.1) is 15.7 Å². The molecule has 0 aliphatic heterocycles. The molecule has 1 heterocycles. The zero-order valence-electron chi connectivity index (χ0n) is 12.9. The van der Waals surface area contributed by atoms with Crippen molar-refractivity contribution in [1.82, 2.24) is 15.3 Å². The number of aromatic nitrogens is 2. The quantitative estimate of drug-likeness (QED) is 0.812. The monoisotopic (exact) mass is 352 g/mol.